The zero-order chi connectivity index (χ0) is 33.7. The molecule has 0 spiro atoms. The van der Waals surface area contributed by atoms with Crippen molar-refractivity contribution in [1.82, 2.24) is 25.0 Å². The van der Waals surface area contributed by atoms with Gasteiger partial charge in [0.2, 0.25) is 0 Å². The third kappa shape index (κ3) is 5.75. The summed E-state index contributed by atoms with van der Waals surface area (Å²) < 4.78 is 31.7. The van der Waals surface area contributed by atoms with Crippen LogP contribution in [-0.2, 0) is 20.9 Å². The number of carbonyl (C=O) groups is 4. The molecular formula is C33H39FN6O7. The largest absolute Gasteiger partial charge is 0.494 e. The fraction of sp³-hybridized carbons (Fsp3) is 0.485. The zero-order valence-corrected chi connectivity index (χ0v) is 27.2. The van der Waals surface area contributed by atoms with Crippen LogP contribution in [0.3, 0.4) is 0 Å². The number of benzene rings is 1. The lowest BCUT2D eigenvalue weighted by Gasteiger charge is -2.36. The normalized spacial score (nSPS) is 21.3. The van der Waals surface area contributed by atoms with Gasteiger partial charge < -0.3 is 34.2 Å². The third-order valence-corrected chi connectivity index (χ3v) is 9.07. The summed E-state index contributed by atoms with van der Waals surface area (Å²) in [6, 6.07) is 5.95. The number of rotatable bonds is 8. The highest BCUT2D eigenvalue weighted by Gasteiger charge is 2.57. The number of amides is 4. The quantitative estimate of drug-likeness (QED) is 0.336. The summed E-state index contributed by atoms with van der Waals surface area (Å²) in [5.41, 5.74) is -1.61. The molecule has 2 saturated heterocycles. The van der Waals surface area contributed by atoms with Crippen LogP contribution in [0, 0.1) is 11.2 Å². The van der Waals surface area contributed by atoms with E-state index in [2.05, 4.69) is 22.0 Å². The van der Waals surface area contributed by atoms with E-state index in [4.69, 9.17) is 19.2 Å². The van der Waals surface area contributed by atoms with E-state index in [1.165, 1.54) is 18.1 Å². The molecule has 2 fully saturated rings. The number of carbonyl (C=O) groups excluding carboxylic acids is 4. The first-order valence-electron chi connectivity index (χ1n) is 15.6. The minimum Gasteiger partial charge on any atom is -0.494 e. The Kier molecular flexibility index (Phi) is 8.32. The molecule has 4 amide bonds. The van der Waals surface area contributed by atoms with Gasteiger partial charge in [0.05, 0.1) is 24.6 Å². The van der Waals surface area contributed by atoms with Crippen LogP contribution < -0.4 is 19.7 Å². The van der Waals surface area contributed by atoms with Crippen molar-refractivity contribution in [3.05, 3.63) is 52.5 Å². The van der Waals surface area contributed by atoms with E-state index in [1.807, 2.05) is 12.1 Å². The first-order valence-corrected chi connectivity index (χ1v) is 15.6. The molecule has 0 radical (unpaired) electrons. The number of nitrogens with one attached hydrogen (secondary N) is 1. The molecule has 4 aliphatic rings. The molecule has 0 aliphatic carbocycles. The Balaban J connectivity index is 1.35. The number of aromatic nitrogens is 1. The monoisotopic (exact) mass is 650 g/mol. The van der Waals surface area contributed by atoms with E-state index in [9.17, 15) is 19.2 Å². The number of fused-ring (bicyclic) bond motifs is 2. The predicted molar refractivity (Wildman–Crippen MR) is 168 cm³/mol. The number of esters is 1. The van der Waals surface area contributed by atoms with Gasteiger partial charge in [-0.05, 0) is 57.2 Å². The van der Waals surface area contributed by atoms with Crippen molar-refractivity contribution in [2.45, 2.75) is 39.8 Å². The van der Waals surface area contributed by atoms with Gasteiger partial charge in [-0.25, -0.2) is 19.1 Å². The third-order valence-electron chi connectivity index (χ3n) is 9.07. The summed E-state index contributed by atoms with van der Waals surface area (Å²) in [6.45, 7) is 10.4. The number of likely N-dealkylation sites (N-methyl/N-ethyl adjacent to an activating group) is 1. The number of nitrogens with zero attached hydrogens (tertiary/aromatic N) is 5. The lowest BCUT2D eigenvalue weighted by Crippen LogP contribution is -2.58. The fourth-order valence-corrected chi connectivity index (χ4v) is 6.23. The van der Waals surface area contributed by atoms with E-state index < -0.39 is 47.3 Å². The molecule has 1 N–H and O–H groups in total. The summed E-state index contributed by atoms with van der Waals surface area (Å²) in [5, 5.41) is 2.77. The minimum absolute atomic E-state index is 0.00412. The van der Waals surface area contributed by atoms with Gasteiger partial charge >= 0.3 is 12.0 Å². The molecule has 2 aromatic rings. The second-order valence-corrected chi connectivity index (χ2v) is 13.1. The Morgan fingerprint density at radius 3 is 2.53 bits per heavy atom. The number of urea groups is 1. The van der Waals surface area contributed by atoms with Gasteiger partial charge in [-0.15, -0.1) is 0 Å². The van der Waals surface area contributed by atoms with E-state index in [-0.39, 0.29) is 31.0 Å². The molecule has 1 atom stereocenters. The molecule has 250 valence electrons. The summed E-state index contributed by atoms with van der Waals surface area (Å²) in [5.74, 6) is -1.61. The smallest absolute Gasteiger partial charge is 0.328 e. The Morgan fingerprint density at radius 1 is 1.11 bits per heavy atom. The molecule has 13 nitrogen and oxygen atoms in total. The first kappa shape index (κ1) is 32.2. The summed E-state index contributed by atoms with van der Waals surface area (Å²) in [4.78, 5) is 65.4. The van der Waals surface area contributed by atoms with Gasteiger partial charge in [0.25, 0.3) is 11.8 Å². The molecule has 6 rings (SSSR count). The SMILES string of the molecule is CCN1CCN(c2ccc3c(n2)C=C([C@]2(CN4Cc5ccc(OC)c(F)c5C4=O)NC(=O)N(COC(=O)C(C)(C)C)C2=O)CO3)CC1. The van der Waals surface area contributed by atoms with Crippen LogP contribution in [0.15, 0.2) is 29.8 Å². The number of pyridine rings is 1. The molecule has 0 unspecified atom stereocenters. The highest BCUT2D eigenvalue weighted by Crippen LogP contribution is 2.38. The van der Waals surface area contributed by atoms with Crippen LogP contribution in [0.2, 0.25) is 0 Å². The number of hydrogen-bond donors (Lipinski definition) is 1. The second kappa shape index (κ2) is 12.1. The molecule has 14 heteroatoms. The average molecular weight is 651 g/mol. The standard InChI is InChI=1S/C33H39FN6O7/c1-6-37-11-13-38(14-12-37)25-10-9-23-22(35-25)15-21(17-46-23)33(29(42)40(31(44)36-33)19-47-30(43)32(2,3)4)18-39-16-20-7-8-24(45-5)27(34)26(20)28(39)41/h7-10,15H,6,11-14,16-19H2,1-5H3,(H,36,44)/t33-/m0/s1. The van der Waals surface area contributed by atoms with Crippen molar-refractivity contribution in [3.8, 4) is 11.5 Å². The van der Waals surface area contributed by atoms with E-state index in [0.717, 1.165) is 43.4 Å². The molecule has 4 aliphatic heterocycles. The zero-order valence-electron chi connectivity index (χ0n) is 27.2. The van der Waals surface area contributed by atoms with Crippen molar-refractivity contribution in [3.63, 3.8) is 0 Å². The number of halogens is 1. The van der Waals surface area contributed by atoms with Crippen LogP contribution in [0.5, 0.6) is 11.5 Å². The van der Waals surface area contributed by atoms with Crippen molar-refractivity contribution in [2.24, 2.45) is 5.41 Å². The number of anilines is 1. The predicted octanol–water partition coefficient (Wildman–Crippen LogP) is 2.64. The number of ether oxygens (including phenoxy) is 3. The van der Waals surface area contributed by atoms with E-state index in [1.54, 1.807) is 32.9 Å². The number of hydrogen-bond acceptors (Lipinski definition) is 10. The van der Waals surface area contributed by atoms with Crippen LogP contribution in [-0.4, -0.2) is 109 Å². The molecule has 1 aromatic heterocycles. The summed E-state index contributed by atoms with van der Waals surface area (Å²) in [7, 11) is 1.31. The number of piperazine rings is 1. The maximum atomic E-state index is 15.2. The Bertz CT molecular complexity index is 1670. The van der Waals surface area contributed by atoms with Crippen molar-refractivity contribution < 1.29 is 37.8 Å². The Labute approximate surface area is 272 Å². The van der Waals surface area contributed by atoms with Gasteiger partial charge in [0, 0.05) is 38.3 Å². The lowest BCUT2D eigenvalue weighted by atomic mass is 9.87. The highest BCUT2D eigenvalue weighted by atomic mass is 19.1. The second-order valence-electron chi connectivity index (χ2n) is 13.1. The van der Waals surface area contributed by atoms with Crippen molar-refractivity contribution in [2.75, 3.05) is 64.6 Å². The number of imide groups is 1. The van der Waals surface area contributed by atoms with Gasteiger partial charge in [-0.1, -0.05) is 13.0 Å². The molecule has 0 bridgehead atoms. The molecule has 5 heterocycles. The summed E-state index contributed by atoms with van der Waals surface area (Å²) >= 11 is 0. The van der Waals surface area contributed by atoms with Crippen LogP contribution in [0.25, 0.3) is 6.08 Å². The maximum absolute atomic E-state index is 15.2. The first-order chi connectivity index (χ1) is 22.4. The Morgan fingerprint density at radius 2 is 1.85 bits per heavy atom. The van der Waals surface area contributed by atoms with Gasteiger partial charge in [0.15, 0.2) is 23.8 Å². The maximum Gasteiger partial charge on any atom is 0.328 e. The number of methoxy groups -OCH3 is 1. The van der Waals surface area contributed by atoms with Gasteiger partial charge in [-0.3, -0.25) is 14.4 Å². The van der Waals surface area contributed by atoms with Crippen molar-refractivity contribution in [1.29, 1.82) is 0 Å². The molecule has 1 aromatic carbocycles. The lowest BCUT2D eigenvalue weighted by molar-refractivity contribution is -0.158. The average Bonchev–Trinajstić information content (AvgIpc) is 3.50. The molecular weight excluding hydrogens is 611 g/mol. The Hall–Kier alpha value is -4.72. The minimum atomic E-state index is -1.81. The van der Waals surface area contributed by atoms with Crippen LogP contribution >= 0.6 is 0 Å². The highest BCUT2D eigenvalue weighted by molar-refractivity contribution is 6.10. The fourth-order valence-electron chi connectivity index (χ4n) is 6.23. The van der Waals surface area contributed by atoms with E-state index in [0.29, 0.717) is 22.6 Å². The van der Waals surface area contributed by atoms with Crippen molar-refractivity contribution >= 4 is 35.7 Å². The van der Waals surface area contributed by atoms with E-state index >= 15 is 4.39 Å². The topological polar surface area (TPSA) is 134 Å². The molecule has 47 heavy (non-hydrogen) atoms. The van der Waals surface area contributed by atoms with Crippen LogP contribution in [0.1, 0.15) is 49.3 Å². The van der Waals surface area contributed by atoms with Gasteiger partial charge in [-0.2, -0.15) is 0 Å². The van der Waals surface area contributed by atoms with Crippen LogP contribution in [0.4, 0.5) is 15.0 Å². The van der Waals surface area contributed by atoms with Gasteiger partial charge in [0.1, 0.15) is 23.9 Å². The summed E-state index contributed by atoms with van der Waals surface area (Å²) in [6.07, 6.45) is 1.70. The molecule has 0 saturated carbocycles.